The SMILES string of the molecule is CNC(=O)CNC(=O)COC(=O)c1oc2c(ccc3ccccc32)c1C. The zero-order valence-corrected chi connectivity index (χ0v) is 14.4. The van der Waals surface area contributed by atoms with E-state index in [9.17, 15) is 14.4 Å². The van der Waals surface area contributed by atoms with E-state index < -0.39 is 18.5 Å². The molecule has 3 rings (SSSR count). The van der Waals surface area contributed by atoms with Crippen molar-refractivity contribution in [3.63, 3.8) is 0 Å². The number of carbonyl (C=O) groups excluding carboxylic acids is 3. The number of rotatable bonds is 5. The number of fused-ring (bicyclic) bond motifs is 3. The van der Waals surface area contributed by atoms with Crippen LogP contribution in [0, 0.1) is 6.92 Å². The van der Waals surface area contributed by atoms with Crippen LogP contribution in [0.5, 0.6) is 0 Å². The molecule has 0 fully saturated rings. The van der Waals surface area contributed by atoms with Gasteiger partial charge >= 0.3 is 5.97 Å². The van der Waals surface area contributed by atoms with Crippen LogP contribution in [-0.4, -0.2) is 38.0 Å². The number of carbonyl (C=O) groups is 3. The van der Waals surface area contributed by atoms with Gasteiger partial charge in [-0.25, -0.2) is 4.79 Å². The maximum atomic E-state index is 12.3. The molecule has 1 aromatic heterocycles. The van der Waals surface area contributed by atoms with Crippen LogP contribution in [0.4, 0.5) is 0 Å². The Bertz CT molecular complexity index is 1010. The molecule has 0 unspecified atom stereocenters. The monoisotopic (exact) mass is 354 g/mol. The number of benzene rings is 2. The summed E-state index contributed by atoms with van der Waals surface area (Å²) in [6.07, 6.45) is 0. The Morgan fingerprint density at radius 2 is 1.81 bits per heavy atom. The molecule has 1 heterocycles. The first kappa shape index (κ1) is 17.5. The Kier molecular flexibility index (Phi) is 4.88. The summed E-state index contributed by atoms with van der Waals surface area (Å²) >= 11 is 0. The fourth-order valence-electron chi connectivity index (χ4n) is 2.66. The second-order valence-corrected chi connectivity index (χ2v) is 5.75. The molecule has 0 radical (unpaired) electrons. The predicted octanol–water partition coefficient (Wildman–Crippen LogP) is 1.91. The average molecular weight is 354 g/mol. The van der Waals surface area contributed by atoms with Crippen LogP contribution in [0.1, 0.15) is 16.1 Å². The van der Waals surface area contributed by atoms with Crippen molar-refractivity contribution in [2.45, 2.75) is 6.92 Å². The lowest BCUT2D eigenvalue weighted by Crippen LogP contribution is -2.37. The summed E-state index contributed by atoms with van der Waals surface area (Å²) in [7, 11) is 1.46. The Hall–Kier alpha value is -3.35. The highest BCUT2D eigenvalue weighted by molar-refractivity contribution is 6.08. The molecule has 0 saturated carbocycles. The molecular formula is C19H18N2O5. The molecule has 0 saturated heterocycles. The number of ether oxygens (including phenoxy) is 1. The van der Waals surface area contributed by atoms with Crippen molar-refractivity contribution in [3.05, 3.63) is 47.7 Å². The molecular weight excluding hydrogens is 336 g/mol. The lowest BCUT2D eigenvalue weighted by Gasteiger charge is -2.05. The van der Waals surface area contributed by atoms with Gasteiger partial charge in [-0.1, -0.05) is 36.4 Å². The Morgan fingerprint density at radius 1 is 1.04 bits per heavy atom. The molecule has 26 heavy (non-hydrogen) atoms. The maximum Gasteiger partial charge on any atom is 0.375 e. The zero-order chi connectivity index (χ0) is 18.7. The van der Waals surface area contributed by atoms with Gasteiger partial charge in [-0.05, 0) is 12.3 Å². The predicted molar refractivity (Wildman–Crippen MR) is 95.8 cm³/mol. The van der Waals surface area contributed by atoms with E-state index in [0.29, 0.717) is 11.1 Å². The van der Waals surface area contributed by atoms with Crippen molar-refractivity contribution in [2.75, 3.05) is 20.2 Å². The van der Waals surface area contributed by atoms with Crippen molar-refractivity contribution in [3.8, 4) is 0 Å². The molecule has 0 bridgehead atoms. The largest absolute Gasteiger partial charge is 0.450 e. The van der Waals surface area contributed by atoms with Crippen LogP contribution in [0.2, 0.25) is 0 Å². The summed E-state index contributed by atoms with van der Waals surface area (Å²) in [5.74, 6) is -1.57. The molecule has 0 aliphatic carbocycles. The third kappa shape index (κ3) is 3.37. The summed E-state index contributed by atoms with van der Waals surface area (Å²) in [6.45, 7) is 1.10. The van der Waals surface area contributed by atoms with Crippen LogP contribution >= 0.6 is 0 Å². The van der Waals surface area contributed by atoms with Crippen LogP contribution in [0.15, 0.2) is 40.8 Å². The van der Waals surface area contributed by atoms with E-state index in [1.807, 2.05) is 36.4 Å². The maximum absolute atomic E-state index is 12.3. The zero-order valence-electron chi connectivity index (χ0n) is 14.4. The first-order valence-electron chi connectivity index (χ1n) is 8.06. The fourth-order valence-corrected chi connectivity index (χ4v) is 2.66. The normalized spacial score (nSPS) is 10.7. The fraction of sp³-hybridized carbons (Fsp3) is 0.211. The highest BCUT2D eigenvalue weighted by Gasteiger charge is 2.21. The number of hydrogen-bond acceptors (Lipinski definition) is 5. The summed E-state index contributed by atoms with van der Waals surface area (Å²) in [5, 5.41) is 7.44. The molecule has 7 nitrogen and oxygen atoms in total. The van der Waals surface area contributed by atoms with Gasteiger partial charge in [-0.15, -0.1) is 0 Å². The molecule has 0 spiro atoms. The van der Waals surface area contributed by atoms with Crippen LogP contribution in [0.25, 0.3) is 21.7 Å². The molecule has 2 aromatic carbocycles. The molecule has 2 amide bonds. The quantitative estimate of drug-likeness (QED) is 0.682. The second-order valence-electron chi connectivity index (χ2n) is 5.75. The van der Waals surface area contributed by atoms with Gasteiger partial charge in [0.25, 0.3) is 5.91 Å². The van der Waals surface area contributed by atoms with E-state index in [1.165, 1.54) is 7.05 Å². The minimum absolute atomic E-state index is 0.0652. The third-order valence-electron chi connectivity index (χ3n) is 4.07. The smallest absolute Gasteiger partial charge is 0.375 e. The van der Waals surface area contributed by atoms with Crippen LogP contribution < -0.4 is 10.6 Å². The standard InChI is InChI=1S/C19H18N2O5/c1-11-13-8-7-12-5-3-4-6-14(12)18(13)26-17(11)19(24)25-10-16(23)21-9-15(22)20-2/h3-8H,9-10H2,1-2H3,(H,20,22)(H,21,23). The molecule has 0 atom stereocenters. The Morgan fingerprint density at radius 3 is 2.58 bits per heavy atom. The number of aryl methyl sites for hydroxylation is 1. The molecule has 2 N–H and O–H groups in total. The minimum atomic E-state index is -0.724. The van der Waals surface area contributed by atoms with Gasteiger partial charge in [-0.3, -0.25) is 9.59 Å². The van der Waals surface area contributed by atoms with Crippen molar-refractivity contribution in [1.29, 1.82) is 0 Å². The summed E-state index contributed by atoms with van der Waals surface area (Å²) in [5.41, 5.74) is 1.26. The van der Waals surface area contributed by atoms with Gasteiger partial charge in [0, 0.05) is 23.4 Å². The van der Waals surface area contributed by atoms with E-state index in [-0.39, 0.29) is 18.2 Å². The van der Waals surface area contributed by atoms with Gasteiger partial charge < -0.3 is 19.8 Å². The summed E-state index contributed by atoms with van der Waals surface area (Å²) < 4.78 is 10.8. The highest BCUT2D eigenvalue weighted by Crippen LogP contribution is 2.31. The number of esters is 1. The molecule has 0 aliphatic heterocycles. The van der Waals surface area contributed by atoms with Crippen molar-refractivity contribution in [1.82, 2.24) is 10.6 Å². The number of hydrogen-bond donors (Lipinski definition) is 2. The van der Waals surface area contributed by atoms with Gasteiger partial charge in [0.2, 0.25) is 11.7 Å². The molecule has 7 heteroatoms. The number of amides is 2. The van der Waals surface area contributed by atoms with Gasteiger partial charge in [0.05, 0.1) is 6.54 Å². The molecule has 134 valence electrons. The summed E-state index contributed by atoms with van der Waals surface area (Å²) in [6, 6.07) is 11.6. The van der Waals surface area contributed by atoms with Crippen LogP contribution in [-0.2, 0) is 14.3 Å². The number of nitrogens with one attached hydrogen (secondary N) is 2. The van der Waals surface area contributed by atoms with Gasteiger partial charge in [0.1, 0.15) is 5.58 Å². The second kappa shape index (κ2) is 7.26. The minimum Gasteiger partial charge on any atom is -0.450 e. The molecule has 3 aromatic rings. The first-order valence-corrected chi connectivity index (χ1v) is 8.06. The Balaban J connectivity index is 1.76. The van der Waals surface area contributed by atoms with E-state index in [0.717, 1.165) is 16.2 Å². The topological polar surface area (TPSA) is 97.6 Å². The number of likely N-dealkylation sites (N-methyl/N-ethyl adjacent to an activating group) is 1. The van der Waals surface area contributed by atoms with E-state index in [4.69, 9.17) is 9.15 Å². The number of furan rings is 1. The highest BCUT2D eigenvalue weighted by atomic mass is 16.5. The first-order chi connectivity index (χ1) is 12.5. The van der Waals surface area contributed by atoms with Crippen molar-refractivity contribution >= 4 is 39.5 Å². The Labute approximate surface area is 149 Å². The lowest BCUT2D eigenvalue weighted by atomic mass is 10.1. The summed E-state index contributed by atoms with van der Waals surface area (Å²) in [4.78, 5) is 35.0. The van der Waals surface area contributed by atoms with Gasteiger partial charge in [0.15, 0.2) is 6.61 Å². The van der Waals surface area contributed by atoms with Crippen LogP contribution in [0.3, 0.4) is 0 Å². The lowest BCUT2D eigenvalue weighted by molar-refractivity contribution is -0.127. The van der Waals surface area contributed by atoms with E-state index in [2.05, 4.69) is 10.6 Å². The van der Waals surface area contributed by atoms with E-state index >= 15 is 0 Å². The third-order valence-corrected chi connectivity index (χ3v) is 4.07. The van der Waals surface area contributed by atoms with E-state index in [1.54, 1.807) is 6.92 Å². The van der Waals surface area contributed by atoms with Crippen molar-refractivity contribution in [2.24, 2.45) is 0 Å². The average Bonchev–Trinajstić information content (AvgIpc) is 3.01. The van der Waals surface area contributed by atoms with Gasteiger partial charge in [-0.2, -0.15) is 0 Å². The molecule has 0 aliphatic rings. The van der Waals surface area contributed by atoms with Crippen molar-refractivity contribution < 1.29 is 23.5 Å².